The van der Waals surface area contributed by atoms with Crippen molar-refractivity contribution in [3.8, 4) is 0 Å². The quantitative estimate of drug-likeness (QED) is 0.499. The Morgan fingerprint density at radius 2 is 1.75 bits per heavy atom. The van der Waals surface area contributed by atoms with E-state index in [0.29, 0.717) is 12.2 Å². The Labute approximate surface area is 170 Å². The van der Waals surface area contributed by atoms with Gasteiger partial charge >= 0.3 is 5.97 Å². The highest BCUT2D eigenvalue weighted by atomic mass is 16.5. The molecule has 2 nitrogen and oxygen atoms in total. The third-order valence-corrected chi connectivity index (χ3v) is 6.49. The summed E-state index contributed by atoms with van der Waals surface area (Å²) in [5.74, 6) is -0.204. The van der Waals surface area contributed by atoms with Crippen molar-refractivity contribution in [3.05, 3.63) is 70.8 Å². The van der Waals surface area contributed by atoms with Crippen molar-refractivity contribution in [2.24, 2.45) is 0 Å². The zero-order chi connectivity index (χ0) is 20.2. The highest BCUT2D eigenvalue weighted by Crippen LogP contribution is 2.41. The smallest absolute Gasteiger partial charge is 0.338 e. The third-order valence-electron chi connectivity index (χ3n) is 6.49. The van der Waals surface area contributed by atoms with E-state index in [1.807, 2.05) is 18.2 Å². The number of benzene rings is 2. The maximum absolute atomic E-state index is 12.8. The van der Waals surface area contributed by atoms with E-state index in [1.165, 1.54) is 29.5 Å². The molecule has 0 aliphatic heterocycles. The second kappa shape index (κ2) is 8.51. The molecule has 150 valence electrons. The van der Waals surface area contributed by atoms with Gasteiger partial charge in [-0.3, -0.25) is 0 Å². The summed E-state index contributed by atoms with van der Waals surface area (Å²) in [5, 5.41) is 0. The number of esters is 1. The Morgan fingerprint density at radius 3 is 2.36 bits per heavy atom. The molecule has 0 radical (unpaired) electrons. The average molecular weight is 379 g/mol. The van der Waals surface area contributed by atoms with Gasteiger partial charge in [0.2, 0.25) is 0 Å². The van der Waals surface area contributed by atoms with Crippen LogP contribution in [0.1, 0.15) is 86.3 Å². The number of hydrogen-bond donors (Lipinski definition) is 0. The molecular formula is C26H34O2. The summed E-state index contributed by atoms with van der Waals surface area (Å²) in [4.78, 5) is 12.8. The van der Waals surface area contributed by atoms with Crippen LogP contribution in [0.25, 0.3) is 0 Å². The Bertz CT molecular complexity index is 798. The van der Waals surface area contributed by atoms with Crippen molar-refractivity contribution in [2.45, 2.75) is 77.0 Å². The first-order chi connectivity index (χ1) is 13.4. The summed E-state index contributed by atoms with van der Waals surface area (Å²) >= 11 is 0. The van der Waals surface area contributed by atoms with E-state index >= 15 is 0 Å². The minimum atomic E-state index is -0.204. The molecule has 0 N–H and O–H groups in total. The second-order valence-corrected chi connectivity index (χ2v) is 9.09. The van der Waals surface area contributed by atoms with Gasteiger partial charge < -0.3 is 4.74 Å². The number of aryl methyl sites for hydroxylation is 1. The summed E-state index contributed by atoms with van der Waals surface area (Å²) < 4.78 is 5.86. The number of carbonyl (C=O) groups is 1. The molecule has 28 heavy (non-hydrogen) atoms. The fraction of sp³-hybridized carbons (Fsp3) is 0.500. The van der Waals surface area contributed by atoms with Crippen LogP contribution < -0.4 is 0 Å². The van der Waals surface area contributed by atoms with Crippen LogP contribution in [-0.2, 0) is 15.6 Å². The lowest BCUT2D eigenvalue weighted by molar-refractivity contribution is 0.0402. The molecule has 0 saturated heterocycles. The molecule has 2 heteroatoms. The molecule has 0 heterocycles. The molecule has 1 fully saturated rings. The van der Waals surface area contributed by atoms with Crippen LogP contribution in [0.5, 0.6) is 0 Å². The van der Waals surface area contributed by atoms with Crippen LogP contribution in [0.4, 0.5) is 0 Å². The Balaban J connectivity index is 1.73. The molecule has 1 aliphatic rings. The fourth-order valence-electron chi connectivity index (χ4n) is 4.96. The van der Waals surface area contributed by atoms with Crippen molar-refractivity contribution in [1.29, 1.82) is 0 Å². The SMILES string of the molecule is CCCC(C)(C)c1ccc(C(=O)OCC2(c3ccccc3)CCCC2)cc1C. The van der Waals surface area contributed by atoms with Crippen LogP contribution in [-0.4, -0.2) is 12.6 Å². The van der Waals surface area contributed by atoms with Crippen LogP contribution in [0.3, 0.4) is 0 Å². The zero-order valence-electron chi connectivity index (χ0n) is 17.9. The monoisotopic (exact) mass is 378 g/mol. The molecule has 0 bridgehead atoms. The molecule has 0 spiro atoms. The first-order valence-electron chi connectivity index (χ1n) is 10.7. The first kappa shape index (κ1) is 20.6. The molecule has 0 aromatic heterocycles. The van der Waals surface area contributed by atoms with Gasteiger partial charge in [-0.05, 0) is 60.4 Å². The highest BCUT2D eigenvalue weighted by molar-refractivity contribution is 5.89. The van der Waals surface area contributed by atoms with E-state index in [2.05, 4.69) is 58.0 Å². The van der Waals surface area contributed by atoms with Crippen LogP contribution in [0, 0.1) is 6.92 Å². The van der Waals surface area contributed by atoms with Crippen molar-refractivity contribution >= 4 is 5.97 Å². The Kier molecular flexibility index (Phi) is 6.27. The van der Waals surface area contributed by atoms with Gasteiger partial charge in [-0.2, -0.15) is 0 Å². The van der Waals surface area contributed by atoms with Crippen molar-refractivity contribution in [1.82, 2.24) is 0 Å². The van der Waals surface area contributed by atoms with E-state index in [4.69, 9.17) is 4.74 Å². The highest BCUT2D eigenvalue weighted by Gasteiger charge is 2.37. The second-order valence-electron chi connectivity index (χ2n) is 9.09. The molecule has 3 rings (SSSR count). The van der Waals surface area contributed by atoms with E-state index < -0.39 is 0 Å². The summed E-state index contributed by atoms with van der Waals surface area (Å²) in [6.07, 6.45) is 6.87. The van der Waals surface area contributed by atoms with Crippen LogP contribution in [0.2, 0.25) is 0 Å². The first-order valence-corrected chi connectivity index (χ1v) is 10.7. The van der Waals surface area contributed by atoms with Gasteiger partial charge in [-0.25, -0.2) is 4.79 Å². The number of ether oxygens (including phenoxy) is 1. The topological polar surface area (TPSA) is 26.3 Å². The van der Waals surface area contributed by atoms with Gasteiger partial charge in [0, 0.05) is 5.41 Å². The maximum atomic E-state index is 12.8. The summed E-state index contributed by atoms with van der Waals surface area (Å²) in [6.45, 7) is 9.35. The molecule has 0 amide bonds. The number of hydrogen-bond acceptors (Lipinski definition) is 2. The molecular weight excluding hydrogens is 344 g/mol. The molecule has 1 saturated carbocycles. The molecule has 0 unspecified atom stereocenters. The largest absolute Gasteiger partial charge is 0.461 e. The van der Waals surface area contributed by atoms with Crippen LogP contribution in [0.15, 0.2) is 48.5 Å². The number of carbonyl (C=O) groups excluding carboxylic acids is 1. The van der Waals surface area contributed by atoms with Crippen molar-refractivity contribution < 1.29 is 9.53 Å². The normalized spacial score (nSPS) is 16.1. The van der Waals surface area contributed by atoms with E-state index in [0.717, 1.165) is 25.7 Å². The number of rotatable bonds is 7. The van der Waals surface area contributed by atoms with Gasteiger partial charge in [0.1, 0.15) is 6.61 Å². The molecule has 0 atom stereocenters. The molecule has 2 aromatic carbocycles. The zero-order valence-corrected chi connectivity index (χ0v) is 17.9. The standard InChI is InChI=1S/C26H34O2/c1-5-15-25(3,4)23-14-13-21(18-20(23)2)24(27)28-19-26(16-9-10-17-26)22-11-7-6-8-12-22/h6-8,11-14,18H,5,9-10,15-17,19H2,1-4H3. The van der Waals surface area contributed by atoms with E-state index in [1.54, 1.807) is 0 Å². The van der Waals surface area contributed by atoms with Gasteiger partial charge in [-0.1, -0.05) is 76.4 Å². The summed E-state index contributed by atoms with van der Waals surface area (Å²) in [7, 11) is 0. The summed E-state index contributed by atoms with van der Waals surface area (Å²) in [5.41, 5.74) is 4.56. The van der Waals surface area contributed by atoms with Crippen LogP contribution >= 0.6 is 0 Å². The van der Waals surface area contributed by atoms with Gasteiger partial charge in [0.15, 0.2) is 0 Å². The van der Waals surface area contributed by atoms with E-state index in [-0.39, 0.29) is 16.8 Å². The fourth-order valence-corrected chi connectivity index (χ4v) is 4.96. The van der Waals surface area contributed by atoms with E-state index in [9.17, 15) is 4.79 Å². The van der Waals surface area contributed by atoms with Gasteiger partial charge in [0.05, 0.1) is 5.56 Å². The van der Waals surface area contributed by atoms with Gasteiger partial charge in [-0.15, -0.1) is 0 Å². The predicted octanol–water partition coefficient (Wildman–Crippen LogP) is 6.74. The lowest BCUT2D eigenvalue weighted by atomic mass is 9.78. The average Bonchev–Trinajstić information content (AvgIpc) is 3.16. The lowest BCUT2D eigenvalue weighted by Crippen LogP contribution is -2.30. The van der Waals surface area contributed by atoms with Gasteiger partial charge in [0.25, 0.3) is 0 Å². The van der Waals surface area contributed by atoms with Crippen molar-refractivity contribution in [3.63, 3.8) is 0 Å². The van der Waals surface area contributed by atoms with Crippen molar-refractivity contribution in [2.75, 3.05) is 6.61 Å². The lowest BCUT2D eigenvalue weighted by Gasteiger charge is -2.29. The minimum Gasteiger partial charge on any atom is -0.461 e. The molecule has 2 aromatic rings. The molecule has 1 aliphatic carbocycles. The minimum absolute atomic E-state index is 0.0188. The third kappa shape index (κ3) is 4.32. The summed E-state index contributed by atoms with van der Waals surface area (Å²) in [6, 6.07) is 16.6. The Hall–Kier alpha value is -2.09. The maximum Gasteiger partial charge on any atom is 0.338 e. The Morgan fingerprint density at radius 1 is 1.07 bits per heavy atom. The predicted molar refractivity (Wildman–Crippen MR) is 116 cm³/mol.